The average molecular weight is 244 g/mol. The van der Waals surface area contributed by atoms with E-state index in [-0.39, 0.29) is 0 Å². The maximum absolute atomic E-state index is 4.37. The van der Waals surface area contributed by atoms with Crippen molar-refractivity contribution in [1.82, 2.24) is 0 Å². The number of anilines is 1. The molecule has 0 heterocycles. The summed E-state index contributed by atoms with van der Waals surface area (Å²) in [6, 6.07) is 10.0. The van der Waals surface area contributed by atoms with Crippen molar-refractivity contribution in [3.63, 3.8) is 0 Å². The van der Waals surface area contributed by atoms with E-state index >= 15 is 0 Å². The van der Waals surface area contributed by atoms with Gasteiger partial charge in [0.2, 0.25) is 0 Å². The molecule has 0 aliphatic heterocycles. The molecule has 1 aromatic carbocycles. The summed E-state index contributed by atoms with van der Waals surface area (Å²) in [5, 5.41) is 4.37. The van der Waals surface area contributed by atoms with E-state index in [9.17, 15) is 0 Å². The maximum atomic E-state index is 4.37. The molecule has 0 aliphatic rings. The molecule has 2 heteroatoms. The molecule has 0 radical (unpaired) electrons. The van der Waals surface area contributed by atoms with Gasteiger partial charge in [-0.2, -0.15) is 5.10 Å². The largest absolute Gasteiger partial charge is 0.279 e. The van der Waals surface area contributed by atoms with Crippen molar-refractivity contribution in [2.45, 2.75) is 46.5 Å². The minimum absolute atomic E-state index is 1.01. The lowest BCUT2D eigenvalue weighted by atomic mass is 10.1. The Labute approximate surface area is 111 Å². The number of benzene rings is 1. The van der Waals surface area contributed by atoms with Crippen LogP contribution in [0.4, 0.5) is 5.69 Å². The van der Waals surface area contributed by atoms with Crippen molar-refractivity contribution < 1.29 is 0 Å². The Balaban J connectivity index is 2.32. The molecule has 1 aromatic rings. The smallest absolute Gasteiger partial charge is 0.0561 e. The molecule has 18 heavy (non-hydrogen) atoms. The molecule has 2 nitrogen and oxygen atoms in total. The van der Waals surface area contributed by atoms with Crippen LogP contribution < -0.4 is 5.43 Å². The number of hydrogen-bond donors (Lipinski definition) is 1. The molecule has 0 saturated carbocycles. The number of hydrazone groups is 1. The van der Waals surface area contributed by atoms with Gasteiger partial charge in [-0.3, -0.25) is 5.43 Å². The van der Waals surface area contributed by atoms with Gasteiger partial charge in [0.25, 0.3) is 0 Å². The predicted molar refractivity (Wildman–Crippen MR) is 81.1 cm³/mol. The maximum Gasteiger partial charge on any atom is 0.0561 e. The summed E-state index contributed by atoms with van der Waals surface area (Å²) in [7, 11) is 0. The average Bonchev–Trinajstić information content (AvgIpc) is 2.38. The zero-order valence-electron chi connectivity index (χ0n) is 11.7. The van der Waals surface area contributed by atoms with Crippen LogP contribution in [0.1, 0.15) is 46.5 Å². The fraction of sp³-hybridized carbons (Fsp3) is 0.438. The second kappa shape index (κ2) is 8.51. The lowest BCUT2D eigenvalue weighted by Gasteiger charge is -2.02. The second-order valence-electron chi connectivity index (χ2n) is 4.66. The van der Waals surface area contributed by atoms with Crippen LogP contribution in [0.3, 0.4) is 0 Å². The third-order valence-corrected chi connectivity index (χ3v) is 2.79. The van der Waals surface area contributed by atoms with E-state index < -0.39 is 0 Å². The number of rotatable bonds is 7. The zero-order valence-corrected chi connectivity index (χ0v) is 11.7. The molecule has 0 spiro atoms. The summed E-state index contributed by atoms with van der Waals surface area (Å²) in [4.78, 5) is 0. The summed E-state index contributed by atoms with van der Waals surface area (Å²) in [5.41, 5.74) is 6.74. The van der Waals surface area contributed by atoms with Crippen molar-refractivity contribution in [2.24, 2.45) is 5.10 Å². The Kier molecular flexibility index (Phi) is 6.85. The number of nitrogens with zero attached hydrogens (tertiary/aromatic N) is 1. The van der Waals surface area contributed by atoms with Crippen LogP contribution in [0, 0.1) is 0 Å². The summed E-state index contributed by atoms with van der Waals surface area (Å²) < 4.78 is 0. The van der Waals surface area contributed by atoms with E-state index in [2.05, 4.69) is 37.4 Å². The lowest BCUT2D eigenvalue weighted by Crippen LogP contribution is -1.97. The van der Waals surface area contributed by atoms with E-state index in [1.54, 1.807) is 0 Å². The molecule has 0 aromatic heterocycles. The highest BCUT2D eigenvalue weighted by Gasteiger charge is 1.92. The molecule has 0 unspecified atom stereocenters. The first-order valence-corrected chi connectivity index (χ1v) is 6.72. The van der Waals surface area contributed by atoms with E-state index in [0.29, 0.717) is 0 Å². The van der Waals surface area contributed by atoms with Crippen LogP contribution in [0.15, 0.2) is 47.1 Å². The Morgan fingerprint density at radius 2 is 1.89 bits per heavy atom. The van der Waals surface area contributed by atoms with Crippen LogP contribution in [-0.4, -0.2) is 5.71 Å². The molecule has 98 valence electrons. The minimum Gasteiger partial charge on any atom is -0.279 e. The van der Waals surface area contributed by atoms with Crippen molar-refractivity contribution >= 4 is 11.4 Å². The number of allylic oxidation sites excluding steroid dienone is 2. The normalized spacial score (nSPS) is 12.6. The molecule has 0 aliphatic carbocycles. The van der Waals surface area contributed by atoms with Crippen molar-refractivity contribution in [2.75, 3.05) is 5.43 Å². The van der Waals surface area contributed by atoms with Crippen LogP contribution in [0.5, 0.6) is 0 Å². The Bertz CT molecular complexity index is 391. The third kappa shape index (κ3) is 6.24. The van der Waals surface area contributed by atoms with Crippen LogP contribution >= 0.6 is 0 Å². The summed E-state index contributed by atoms with van der Waals surface area (Å²) in [5.74, 6) is 0. The van der Waals surface area contributed by atoms with Gasteiger partial charge in [0.15, 0.2) is 0 Å². The molecule has 1 rings (SSSR count). The zero-order chi connectivity index (χ0) is 13.2. The molecular weight excluding hydrogens is 220 g/mol. The van der Waals surface area contributed by atoms with Gasteiger partial charge in [-0.15, -0.1) is 0 Å². The summed E-state index contributed by atoms with van der Waals surface area (Å²) in [6.45, 7) is 6.49. The first-order chi connectivity index (χ1) is 8.72. The van der Waals surface area contributed by atoms with Gasteiger partial charge in [0, 0.05) is 5.71 Å². The second-order valence-corrected chi connectivity index (χ2v) is 4.66. The molecule has 0 amide bonds. The van der Waals surface area contributed by atoms with Crippen molar-refractivity contribution in [3.05, 3.63) is 42.0 Å². The highest BCUT2D eigenvalue weighted by molar-refractivity contribution is 5.82. The molecule has 1 N–H and O–H groups in total. The van der Waals surface area contributed by atoms with E-state index in [4.69, 9.17) is 0 Å². The van der Waals surface area contributed by atoms with E-state index in [1.807, 2.05) is 30.3 Å². The van der Waals surface area contributed by atoms with Gasteiger partial charge in [-0.25, -0.2) is 0 Å². The SMILES string of the molecule is CCC/C(C)=C/CC/C(C)=N\Nc1ccccc1. The first kappa shape index (κ1) is 14.5. The van der Waals surface area contributed by atoms with Crippen molar-refractivity contribution in [1.29, 1.82) is 0 Å². The van der Waals surface area contributed by atoms with Crippen LogP contribution in [0.25, 0.3) is 0 Å². The Morgan fingerprint density at radius 1 is 1.17 bits per heavy atom. The molecule has 0 saturated heterocycles. The third-order valence-electron chi connectivity index (χ3n) is 2.79. The molecule has 0 atom stereocenters. The first-order valence-electron chi connectivity index (χ1n) is 6.72. The van der Waals surface area contributed by atoms with Gasteiger partial charge < -0.3 is 0 Å². The van der Waals surface area contributed by atoms with E-state index in [1.165, 1.54) is 18.4 Å². The van der Waals surface area contributed by atoms with Gasteiger partial charge in [-0.1, -0.05) is 43.2 Å². The standard InChI is InChI=1S/C16H24N2/c1-4-9-14(2)10-8-11-15(3)17-18-16-12-6-5-7-13-16/h5-7,10,12-13,18H,4,8-9,11H2,1-3H3/b14-10+,17-15-. The monoisotopic (exact) mass is 244 g/mol. The fourth-order valence-electron chi connectivity index (χ4n) is 1.75. The summed E-state index contributed by atoms with van der Waals surface area (Å²) >= 11 is 0. The Morgan fingerprint density at radius 3 is 2.56 bits per heavy atom. The fourth-order valence-corrected chi connectivity index (χ4v) is 1.75. The molecule has 0 bridgehead atoms. The van der Waals surface area contributed by atoms with Crippen molar-refractivity contribution in [3.8, 4) is 0 Å². The van der Waals surface area contributed by atoms with Gasteiger partial charge in [0.05, 0.1) is 5.69 Å². The topological polar surface area (TPSA) is 24.4 Å². The highest BCUT2D eigenvalue weighted by atomic mass is 15.3. The van der Waals surface area contributed by atoms with Crippen LogP contribution in [-0.2, 0) is 0 Å². The van der Waals surface area contributed by atoms with Gasteiger partial charge in [-0.05, 0) is 45.2 Å². The quantitative estimate of drug-likeness (QED) is 0.407. The molecular formula is C16H24N2. The Hall–Kier alpha value is -1.57. The minimum atomic E-state index is 1.01. The summed E-state index contributed by atoms with van der Waals surface area (Å²) in [6.07, 6.45) is 6.85. The van der Waals surface area contributed by atoms with Gasteiger partial charge in [0.1, 0.15) is 0 Å². The number of hydrogen-bond acceptors (Lipinski definition) is 2. The highest BCUT2D eigenvalue weighted by Crippen LogP contribution is 2.07. The lowest BCUT2D eigenvalue weighted by molar-refractivity contribution is 0.891. The van der Waals surface area contributed by atoms with Crippen LogP contribution in [0.2, 0.25) is 0 Å². The predicted octanol–water partition coefficient (Wildman–Crippen LogP) is 5.00. The number of para-hydroxylation sites is 1. The van der Waals surface area contributed by atoms with E-state index in [0.717, 1.165) is 24.2 Å². The van der Waals surface area contributed by atoms with Gasteiger partial charge >= 0.3 is 0 Å². The molecule has 0 fully saturated rings. The number of nitrogens with one attached hydrogen (secondary N) is 1.